The lowest BCUT2D eigenvalue weighted by atomic mass is 9.75. The molecule has 0 aromatic heterocycles. The summed E-state index contributed by atoms with van der Waals surface area (Å²) in [7, 11) is 4.30. The molecule has 1 unspecified atom stereocenters. The van der Waals surface area contributed by atoms with Crippen molar-refractivity contribution in [2.45, 2.75) is 75.4 Å². The smallest absolute Gasteiger partial charge is 0.220 e. The molecule has 2 amide bonds. The second-order valence-corrected chi connectivity index (χ2v) is 10.6. The van der Waals surface area contributed by atoms with Gasteiger partial charge in [0.2, 0.25) is 11.8 Å². The third-order valence-corrected chi connectivity index (χ3v) is 7.98. The van der Waals surface area contributed by atoms with Crippen LogP contribution in [0.2, 0.25) is 5.02 Å². The Bertz CT molecular complexity index is 997. The number of hydrogen-bond acceptors (Lipinski definition) is 3. The van der Waals surface area contributed by atoms with E-state index in [0.29, 0.717) is 0 Å². The maximum Gasteiger partial charge on any atom is 0.220 e. The van der Waals surface area contributed by atoms with Crippen LogP contribution in [0.1, 0.15) is 67.7 Å². The first-order chi connectivity index (χ1) is 16.3. The van der Waals surface area contributed by atoms with Gasteiger partial charge in [-0.1, -0.05) is 48.0 Å². The molecule has 0 aliphatic heterocycles. The topological polar surface area (TPSA) is 61.4 Å². The van der Waals surface area contributed by atoms with Gasteiger partial charge in [-0.15, -0.1) is 0 Å². The van der Waals surface area contributed by atoms with Crippen molar-refractivity contribution < 1.29 is 9.59 Å². The third-order valence-electron chi connectivity index (χ3n) is 7.72. The first-order valence-electron chi connectivity index (χ1n) is 12.4. The molecule has 2 aromatic rings. The molecule has 2 aliphatic rings. The van der Waals surface area contributed by atoms with Crippen molar-refractivity contribution in [3.05, 3.63) is 70.2 Å². The number of rotatable bonds is 8. The number of nitrogens with one attached hydrogen (secondary N) is 2. The van der Waals surface area contributed by atoms with Crippen molar-refractivity contribution in [1.82, 2.24) is 15.5 Å². The number of nitrogens with zero attached hydrogens (tertiary/aromatic N) is 1. The van der Waals surface area contributed by atoms with Crippen LogP contribution >= 0.6 is 11.6 Å². The molecule has 6 heteroatoms. The van der Waals surface area contributed by atoms with Crippen LogP contribution in [0.5, 0.6) is 0 Å². The van der Waals surface area contributed by atoms with Gasteiger partial charge in [0.25, 0.3) is 0 Å². The molecule has 0 bridgehead atoms. The summed E-state index contributed by atoms with van der Waals surface area (Å²) >= 11 is 6.05. The Balaban J connectivity index is 1.21. The number of carbonyl (C=O) groups is 2. The Morgan fingerprint density at radius 2 is 1.59 bits per heavy atom. The van der Waals surface area contributed by atoms with E-state index in [0.717, 1.165) is 50.0 Å². The van der Waals surface area contributed by atoms with Crippen molar-refractivity contribution in [2.24, 2.45) is 0 Å². The number of hydrogen-bond donors (Lipinski definition) is 2. The van der Waals surface area contributed by atoms with Crippen molar-refractivity contribution in [1.29, 1.82) is 0 Å². The van der Waals surface area contributed by atoms with Crippen LogP contribution in [0.15, 0.2) is 48.5 Å². The summed E-state index contributed by atoms with van der Waals surface area (Å²) in [6.07, 6.45) is 7.31. The quantitative estimate of drug-likeness (QED) is 0.568. The lowest BCUT2D eigenvalue weighted by Gasteiger charge is -2.45. The van der Waals surface area contributed by atoms with Gasteiger partial charge in [0.15, 0.2) is 0 Å². The molecule has 5 nitrogen and oxygen atoms in total. The van der Waals surface area contributed by atoms with E-state index in [1.54, 1.807) is 0 Å². The van der Waals surface area contributed by atoms with Crippen molar-refractivity contribution in [3.63, 3.8) is 0 Å². The van der Waals surface area contributed by atoms with E-state index >= 15 is 0 Å². The zero-order valence-electron chi connectivity index (χ0n) is 20.3. The SMILES string of the molecule is CN(C)C1(Cc2ccc(Cl)cc2)CCC(NC(=O)CCC(=O)NC2CCc3ccccc32)CC1. The van der Waals surface area contributed by atoms with E-state index in [9.17, 15) is 9.59 Å². The molecular formula is C28H36ClN3O2. The van der Waals surface area contributed by atoms with Gasteiger partial charge >= 0.3 is 0 Å². The van der Waals surface area contributed by atoms with Crippen LogP contribution in [0.3, 0.4) is 0 Å². The van der Waals surface area contributed by atoms with Gasteiger partial charge < -0.3 is 15.5 Å². The minimum absolute atomic E-state index is 0.0259. The maximum absolute atomic E-state index is 12.6. The molecule has 1 saturated carbocycles. The number of halogens is 1. The highest BCUT2D eigenvalue weighted by atomic mass is 35.5. The van der Waals surface area contributed by atoms with Crippen LogP contribution in [-0.4, -0.2) is 42.4 Å². The zero-order chi connectivity index (χ0) is 24.1. The Morgan fingerprint density at radius 1 is 0.941 bits per heavy atom. The summed E-state index contributed by atoms with van der Waals surface area (Å²) < 4.78 is 0. The number of amides is 2. The second kappa shape index (κ2) is 10.9. The second-order valence-electron chi connectivity index (χ2n) is 10.1. The molecule has 2 N–H and O–H groups in total. The highest BCUT2D eigenvalue weighted by Gasteiger charge is 2.37. The molecule has 0 saturated heterocycles. The summed E-state index contributed by atoms with van der Waals surface area (Å²) in [6, 6.07) is 16.6. The first kappa shape index (κ1) is 24.7. The van der Waals surface area contributed by atoms with E-state index in [-0.39, 0.29) is 42.3 Å². The third kappa shape index (κ3) is 6.00. The Hall–Kier alpha value is -2.37. The Kier molecular flexibility index (Phi) is 7.95. The number of carbonyl (C=O) groups excluding carboxylic acids is 2. The average molecular weight is 482 g/mol. The van der Waals surface area contributed by atoms with Gasteiger partial charge in [0.05, 0.1) is 6.04 Å². The molecule has 182 valence electrons. The lowest BCUT2D eigenvalue weighted by molar-refractivity contribution is -0.127. The molecule has 2 aromatic carbocycles. The maximum atomic E-state index is 12.6. The summed E-state index contributed by atoms with van der Waals surface area (Å²) in [5.41, 5.74) is 3.90. The van der Waals surface area contributed by atoms with Crippen LogP contribution in [-0.2, 0) is 22.4 Å². The minimum Gasteiger partial charge on any atom is -0.353 e. The fourth-order valence-corrected chi connectivity index (χ4v) is 5.69. The fraction of sp³-hybridized carbons (Fsp3) is 0.500. The van der Waals surface area contributed by atoms with Gasteiger partial charge in [-0.25, -0.2) is 0 Å². The first-order valence-corrected chi connectivity index (χ1v) is 12.8. The molecule has 0 spiro atoms. The average Bonchev–Trinajstić information content (AvgIpc) is 3.23. The monoisotopic (exact) mass is 481 g/mol. The zero-order valence-corrected chi connectivity index (χ0v) is 21.0. The van der Waals surface area contributed by atoms with E-state index in [2.05, 4.69) is 53.9 Å². The number of likely N-dealkylation sites (N-methyl/N-ethyl adjacent to an activating group) is 1. The number of aryl methyl sites for hydroxylation is 1. The molecule has 2 aliphatic carbocycles. The number of benzene rings is 2. The predicted molar refractivity (Wildman–Crippen MR) is 137 cm³/mol. The van der Waals surface area contributed by atoms with Gasteiger partial charge in [0.1, 0.15) is 0 Å². The van der Waals surface area contributed by atoms with Crippen molar-refractivity contribution in [3.8, 4) is 0 Å². The highest BCUT2D eigenvalue weighted by Crippen LogP contribution is 2.36. The Morgan fingerprint density at radius 3 is 2.26 bits per heavy atom. The largest absolute Gasteiger partial charge is 0.353 e. The number of fused-ring (bicyclic) bond motifs is 1. The van der Waals surface area contributed by atoms with Crippen LogP contribution in [0.4, 0.5) is 0 Å². The summed E-state index contributed by atoms with van der Waals surface area (Å²) in [4.78, 5) is 27.3. The molecule has 4 rings (SSSR count). The summed E-state index contributed by atoms with van der Waals surface area (Å²) in [5.74, 6) is -0.0721. The summed E-state index contributed by atoms with van der Waals surface area (Å²) in [5, 5.41) is 7.05. The molecule has 34 heavy (non-hydrogen) atoms. The Labute approximate surface area is 208 Å². The van der Waals surface area contributed by atoms with Gasteiger partial charge in [0, 0.05) is 29.4 Å². The summed E-state index contributed by atoms with van der Waals surface area (Å²) in [6.45, 7) is 0. The molecule has 1 atom stereocenters. The predicted octanol–water partition coefficient (Wildman–Crippen LogP) is 4.83. The standard InChI is InChI=1S/C28H36ClN3O2/c1-32(2)28(19-20-7-10-22(29)11-8-20)17-15-23(16-18-28)30-26(33)13-14-27(34)31-25-12-9-21-5-3-4-6-24(21)25/h3-8,10-11,23,25H,9,12-19H2,1-2H3,(H,30,33)(H,31,34). The van der Waals surface area contributed by atoms with Gasteiger partial charge in [-0.2, -0.15) is 0 Å². The molecule has 0 heterocycles. The van der Waals surface area contributed by atoms with Crippen LogP contribution in [0, 0.1) is 0 Å². The van der Waals surface area contributed by atoms with E-state index in [1.807, 2.05) is 24.3 Å². The normalized spacial score (nSPS) is 24.0. The minimum atomic E-state index is -0.0462. The fourth-order valence-electron chi connectivity index (χ4n) is 5.56. The van der Waals surface area contributed by atoms with E-state index in [4.69, 9.17) is 11.6 Å². The van der Waals surface area contributed by atoms with Crippen LogP contribution in [0.25, 0.3) is 0 Å². The highest BCUT2D eigenvalue weighted by molar-refractivity contribution is 6.30. The molecule has 1 fully saturated rings. The molecular weight excluding hydrogens is 446 g/mol. The van der Waals surface area contributed by atoms with Crippen LogP contribution < -0.4 is 10.6 Å². The van der Waals surface area contributed by atoms with E-state index < -0.39 is 0 Å². The van der Waals surface area contributed by atoms with Crippen molar-refractivity contribution in [2.75, 3.05) is 14.1 Å². The molecule has 0 radical (unpaired) electrons. The van der Waals surface area contributed by atoms with Gasteiger partial charge in [-0.05, 0) is 87.9 Å². The van der Waals surface area contributed by atoms with Crippen molar-refractivity contribution >= 4 is 23.4 Å². The lowest BCUT2D eigenvalue weighted by Crippen LogP contribution is -2.52. The van der Waals surface area contributed by atoms with E-state index in [1.165, 1.54) is 16.7 Å². The van der Waals surface area contributed by atoms with Gasteiger partial charge in [-0.3, -0.25) is 9.59 Å².